The molecule has 0 saturated heterocycles. The van der Waals surface area contributed by atoms with Crippen molar-refractivity contribution in [2.45, 2.75) is 5.66 Å². The minimum absolute atomic E-state index is 0.773. The van der Waals surface area contributed by atoms with Crippen LogP contribution in [0.3, 0.4) is 0 Å². The zero-order valence-corrected chi connectivity index (χ0v) is 7.41. The van der Waals surface area contributed by atoms with Crippen LogP contribution in [0.2, 0.25) is 0 Å². The van der Waals surface area contributed by atoms with Crippen LogP contribution in [-0.2, 0) is 9.59 Å². The molecule has 0 aliphatic heterocycles. The van der Waals surface area contributed by atoms with E-state index in [2.05, 4.69) is 9.98 Å². The van der Waals surface area contributed by atoms with Gasteiger partial charge < -0.3 is 33.1 Å². The zero-order chi connectivity index (χ0) is 12.2. The van der Waals surface area contributed by atoms with Crippen LogP contribution in [0.25, 0.3) is 0 Å². The normalized spacial score (nSPS) is 10.1. The molecule has 0 amide bonds. The lowest BCUT2D eigenvalue weighted by atomic mass is 10.2. The summed E-state index contributed by atoms with van der Waals surface area (Å²) in [6.07, 6.45) is 0. The minimum Gasteiger partial charge on any atom is -0.478 e. The summed E-state index contributed by atoms with van der Waals surface area (Å²) in [4.78, 5) is 27.4. The predicted molar refractivity (Wildman–Crippen MR) is 49.6 cm³/mol. The number of carbonyl (C=O) groups is 2. The van der Waals surface area contributed by atoms with Gasteiger partial charge in [0, 0.05) is 0 Å². The van der Waals surface area contributed by atoms with Crippen LogP contribution in [-0.4, -0.2) is 39.7 Å². The molecular formula is C5H10N6O4. The van der Waals surface area contributed by atoms with Crippen molar-refractivity contribution in [1.82, 2.24) is 0 Å². The van der Waals surface area contributed by atoms with Crippen LogP contribution in [0.15, 0.2) is 9.98 Å². The first-order valence-electron chi connectivity index (χ1n) is 3.40. The summed E-state index contributed by atoms with van der Waals surface area (Å²) in [5.74, 6) is -5.39. The van der Waals surface area contributed by atoms with Crippen molar-refractivity contribution in [3.8, 4) is 0 Å². The second kappa shape index (κ2) is 4.13. The Kier molecular flexibility index (Phi) is 3.43. The fraction of sp³-hybridized carbons (Fsp3) is 0.200. The Hall–Kier alpha value is -2.52. The van der Waals surface area contributed by atoms with E-state index in [1.807, 2.05) is 0 Å². The smallest absolute Gasteiger partial charge is 0.367 e. The highest BCUT2D eigenvalue weighted by Crippen LogP contribution is 2.13. The molecular weight excluding hydrogens is 208 g/mol. The molecule has 0 saturated carbocycles. The van der Waals surface area contributed by atoms with Gasteiger partial charge in [-0.05, 0) is 0 Å². The molecule has 0 spiro atoms. The number of hydrogen-bond donors (Lipinski definition) is 6. The molecule has 0 atom stereocenters. The number of guanidine groups is 2. The molecule has 0 aliphatic carbocycles. The maximum absolute atomic E-state index is 10.7. The number of rotatable bonds is 4. The highest BCUT2D eigenvalue weighted by atomic mass is 16.4. The Bertz CT molecular complexity index is 305. The third-order valence-electron chi connectivity index (χ3n) is 1.18. The highest BCUT2D eigenvalue weighted by Gasteiger charge is 2.47. The summed E-state index contributed by atoms with van der Waals surface area (Å²) in [6, 6.07) is 0. The van der Waals surface area contributed by atoms with Crippen LogP contribution in [0.1, 0.15) is 0 Å². The van der Waals surface area contributed by atoms with Crippen molar-refractivity contribution >= 4 is 23.9 Å². The molecule has 0 heterocycles. The number of nitrogens with zero attached hydrogens (tertiary/aromatic N) is 2. The number of aliphatic imine (C=N–C) groups is 2. The van der Waals surface area contributed by atoms with Gasteiger partial charge >= 0.3 is 17.6 Å². The molecule has 15 heavy (non-hydrogen) atoms. The Balaban J connectivity index is 5.71. The molecule has 84 valence electrons. The number of carboxylic acids is 2. The fourth-order valence-electron chi connectivity index (χ4n) is 0.681. The van der Waals surface area contributed by atoms with Crippen LogP contribution in [0.4, 0.5) is 0 Å². The van der Waals surface area contributed by atoms with Gasteiger partial charge in [-0.3, -0.25) is 0 Å². The van der Waals surface area contributed by atoms with Crippen LogP contribution >= 0.6 is 0 Å². The molecule has 10 nitrogen and oxygen atoms in total. The van der Waals surface area contributed by atoms with Gasteiger partial charge in [-0.1, -0.05) is 0 Å². The maximum atomic E-state index is 10.7. The summed E-state index contributed by atoms with van der Waals surface area (Å²) in [6.45, 7) is 0. The minimum atomic E-state index is -2.95. The van der Waals surface area contributed by atoms with E-state index in [9.17, 15) is 9.59 Å². The van der Waals surface area contributed by atoms with Crippen LogP contribution < -0.4 is 22.9 Å². The van der Waals surface area contributed by atoms with Crippen molar-refractivity contribution < 1.29 is 19.8 Å². The molecule has 0 aromatic rings. The Morgan fingerprint density at radius 2 is 1.13 bits per heavy atom. The first-order valence-corrected chi connectivity index (χ1v) is 3.40. The summed E-state index contributed by atoms with van der Waals surface area (Å²) in [7, 11) is 0. The molecule has 0 aliphatic rings. The van der Waals surface area contributed by atoms with Gasteiger partial charge in [0.25, 0.3) is 0 Å². The van der Waals surface area contributed by atoms with Gasteiger partial charge in [0.2, 0.25) is 0 Å². The van der Waals surface area contributed by atoms with E-state index in [-0.39, 0.29) is 0 Å². The van der Waals surface area contributed by atoms with Crippen LogP contribution in [0, 0.1) is 0 Å². The topological polar surface area (TPSA) is 203 Å². The van der Waals surface area contributed by atoms with Gasteiger partial charge in [-0.25, -0.2) is 19.6 Å². The zero-order valence-electron chi connectivity index (χ0n) is 7.41. The Morgan fingerprint density at radius 3 is 1.27 bits per heavy atom. The average molecular weight is 218 g/mol. The summed E-state index contributed by atoms with van der Waals surface area (Å²) in [5, 5.41) is 17.3. The van der Waals surface area contributed by atoms with Crippen molar-refractivity contribution in [3.63, 3.8) is 0 Å². The third-order valence-corrected chi connectivity index (χ3v) is 1.18. The van der Waals surface area contributed by atoms with Gasteiger partial charge in [0.1, 0.15) is 0 Å². The fourth-order valence-corrected chi connectivity index (χ4v) is 0.681. The molecule has 0 unspecified atom stereocenters. The molecule has 0 radical (unpaired) electrons. The van der Waals surface area contributed by atoms with Gasteiger partial charge in [-0.15, -0.1) is 0 Å². The number of nitrogens with two attached hydrogens (primary N) is 4. The third kappa shape index (κ3) is 2.72. The van der Waals surface area contributed by atoms with E-state index in [0.717, 1.165) is 0 Å². The van der Waals surface area contributed by atoms with E-state index >= 15 is 0 Å². The molecule has 10 heteroatoms. The lowest BCUT2D eigenvalue weighted by molar-refractivity contribution is -0.156. The standard InChI is InChI=1S/C5H10N6O4/c6-3(7)10-5(1(12)13,2(14)15)11-4(8)9/h(H,12,13)(H,14,15)(H4,6,7,10)(H4,8,9,11). The molecule has 0 aromatic carbocycles. The number of hydrogen-bond acceptors (Lipinski definition) is 4. The summed E-state index contributed by atoms with van der Waals surface area (Å²) < 4.78 is 0. The summed E-state index contributed by atoms with van der Waals surface area (Å²) in [5.41, 5.74) is 16.6. The SMILES string of the molecule is NC(N)=NC(N=C(N)N)(C(=O)O)C(=O)O. The maximum Gasteiger partial charge on any atom is 0.367 e. The van der Waals surface area contributed by atoms with Crippen molar-refractivity contribution in [1.29, 1.82) is 0 Å². The van der Waals surface area contributed by atoms with E-state index in [0.29, 0.717) is 0 Å². The number of aliphatic carboxylic acids is 2. The first-order chi connectivity index (χ1) is 6.72. The van der Waals surface area contributed by atoms with Crippen molar-refractivity contribution in [2.75, 3.05) is 0 Å². The van der Waals surface area contributed by atoms with Gasteiger partial charge in [-0.2, -0.15) is 0 Å². The average Bonchev–Trinajstić information content (AvgIpc) is 1.99. The largest absolute Gasteiger partial charge is 0.478 e. The second-order valence-corrected chi connectivity index (χ2v) is 2.36. The lowest BCUT2D eigenvalue weighted by Gasteiger charge is -2.15. The molecule has 0 rings (SSSR count). The Morgan fingerprint density at radius 1 is 0.867 bits per heavy atom. The first kappa shape index (κ1) is 12.5. The Labute approximate surface area is 83.3 Å². The molecule has 0 aromatic heterocycles. The van der Waals surface area contributed by atoms with E-state index in [1.165, 1.54) is 0 Å². The van der Waals surface area contributed by atoms with E-state index < -0.39 is 29.5 Å². The van der Waals surface area contributed by atoms with E-state index in [1.54, 1.807) is 0 Å². The quantitative estimate of drug-likeness (QED) is 0.157. The predicted octanol–water partition coefficient (Wildman–Crippen LogP) is -3.60. The van der Waals surface area contributed by atoms with E-state index in [4.69, 9.17) is 33.1 Å². The highest BCUT2D eigenvalue weighted by molar-refractivity contribution is 6.06. The number of carboxylic acid groups (broad SMARTS) is 2. The molecule has 10 N–H and O–H groups in total. The van der Waals surface area contributed by atoms with Crippen molar-refractivity contribution in [2.24, 2.45) is 32.9 Å². The van der Waals surface area contributed by atoms with Crippen molar-refractivity contribution in [3.05, 3.63) is 0 Å². The monoisotopic (exact) mass is 218 g/mol. The van der Waals surface area contributed by atoms with Gasteiger partial charge in [0.05, 0.1) is 0 Å². The summed E-state index contributed by atoms with van der Waals surface area (Å²) >= 11 is 0. The van der Waals surface area contributed by atoms with Crippen LogP contribution in [0.5, 0.6) is 0 Å². The molecule has 0 bridgehead atoms. The van der Waals surface area contributed by atoms with Gasteiger partial charge in [0.15, 0.2) is 11.9 Å². The molecule has 0 fully saturated rings. The second-order valence-electron chi connectivity index (χ2n) is 2.36. The lowest BCUT2D eigenvalue weighted by Crippen LogP contribution is -2.48.